The lowest BCUT2D eigenvalue weighted by Gasteiger charge is -2.21. The van der Waals surface area contributed by atoms with Gasteiger partial charge in [-0.1, -0.05) is 62.9 Å². The van der Waals surface area contributed by atoms with Gasteiger partial charge in [0, 0.05) is 30.2 Å². The number of hydrogen-bond acceptors (Lipinski definition) is 3. The van der Waals surface area contributed by atoms with Crippen molar-refractivity contribution >= 4 is 29.1 Å². The molecule has 4 rings (SSSR count). The van der Waals surface area contributed by atoms with Crippen LogP contribution >= 0.6 is 11.6 Å². The lowest BCUT2D eigenvalue weighted by molar-refractivity contribution is -0.120. The Labute approximate surface area is 218 Å². The zero-order valence-electron chi connectivity index (χ0n) is 21.3. The van der Waals surface area contributed by atoms with E-state index < -0.39 is 0 Å². The van der Waals surface area contributed by atoms with E-state index >= 15 is 0 Å². The van der Waals surface area contributed by atoms with E-state index in [2.05, 4.69) is 29.5 Å². The summed E-state index contributed by atoms with van der Waals surface area (Å²) in [5.74, 6) is 1.11. The molecule has 36 heavy (non-hydrogen) atoms. The van der Waals surface area contributed by atoms with Gasteiger partial charge in [0.25, 0.3) is 5.91 Å². The zero-order valence-corrected chi connectivity index (χ0v) is 22.1. The number of amides is 2. The van der Waals surface area contributed by atoms with Crippen LogP contribution in [0.2, 0.25) is 5.02 Å². The second-order valence-electron chi connectivity index (χ2n) is 10.4. The van der Waals surface area contributed by atoms with Gasteiger partial charge in [0.05, 0.1) is 12.1 Å². The summed E-state index contributed by atoms with van der Waals surface area (Å²) >= 11 is 6.05. The maximum atomic E-state index is 12.9. The van der Waals surface area contributed by atoms with Crippen LogP contribution < -0.4 is 10.6 Å². The molecule has 1 aliphatic rings. The first kappa shape index (κ1) is 26.2. The molecule has 2 N–H and O–H groups in total. The van der Waals surface area contributed by atoms with Gasteiger partial charge in [0.2, 0.25) is 5.91 Å². The molecule has 0 saturated heterocycles. The minimum Gasteiger partial charge on any atom is -0.355 e. The van der Waals surface area contributed by atoms with E-state index in [-0.39, 0.29) is 24.2 Å². The van der Waals surface area contributed by atoms with Crippen molar-refractivity contribution in [2.75, 3.05) is 13.1 Å². The quantitative estimate of drug-likeness (QED) is 0.364. The molecule has 0 aliphatic heterocycles. The Balaban J connectivity index is 1.37. The van der Waals surface area contributed by atoms with Gasteiger partial charge in [0.1, 0.15) is 11.3 Å². The van der Waals surface area contributed by atoms with E-state index in [0.29, 0.717) is 47.0 Å². The van der Waals surface area contributed by atoms with Crippen molar-refractivity contribution in [2.24, 2.45) is 11.8 Å². The highest BCUT2D eigenvalue weighted by Gasteiger charge is 2.18. The molecule has 0 spiro atoms. The zero-order chi connectivity index (χ0) is 25.5. The van der Waals surface area contributed by atoms with Crippen molar-refractivity contribution in [2.45, 2.75) is 64.7 Å². The van der Waals surface area contributed by atoms with Gasteiger partial charge in [-0.25, -0.2) is 4.98 Å². The summed E-state index contributed by atoms with van der Waals surface area (Å²) in [6.07, 6.45) is 9.11. The molecule has 2 amide bonds. The fourth-order valence-electron chi connectivity index (χ4n) is 5.16. The monoisotopic (exact) mass is 508 g/mol. The van der Waals surface area contributed by atoms with Crippen LogP contribution in [0.3, 0.4) is 0 Å². The van der Waals surface area contributed by atoms with Gasteiger partial charge in [-0.05, 0) is 60.9 Å². The van der Waals surface area contributed by atoms with Gasteiger partial charge in [0.15, 0.2) is 0 Å². The van der Waals surface area contributed by atoms with Crippen molar-refractivity contribution in [3.63, 3.8) is 0 Å². The Bertz CT molecular complexity index is 1170. The Kier molecular flexibility index (Phi) is 9.03. The molecule has 1 aromatic carbocycles. The summed E-state index contributed by atoms with van der Waals surface area (Å²) in [6.45, 7) is 5.64. The molecule has 0 bridgehead atoms. The maximum absolute atomic E-state index is 12.9. The average Bonchev–Trinajstić information content (AvgIpc) is 3.28. The summed E-state index contributed by atoms with van der Waals surface area (Å²) in [4.78, 5) is 30.3. The van der Waals surface area contributed by atoms with Gasteiger partial charge < -0.3 is 10.6 Å². The highest BCUT2D eigenvalue weighted by atomic mass is 35.5. The smallest absolute Gasteiger partial charge is 0.268 e. The largest absolute Gasteiger partial charge is 0.355 e. The SMILES string of the molecule is CC(C)CC(CNC(=O)Cc1cn2c(C(=O)NCC3CCCCC3)cccc2n1)c1ccc(Cl)cc1. The van der Waals surface area contributed by atoms with Crippen LogP contribution in [0, 0.1) is 11.8 Å². The Morgan fingerprint density at radius 2 is 1.81 bits per heavy atom. The number of pyridine rings is 1. The Hall–Kier alpha value is -2.86. The third kappa shape index (κ3) is 7.10. The molecule has 1 fully saturated rings. The number of imidazole rings is 1. The number of carbonyl (C=O) groups excluding carboxylic acids is 2. The highest BCUT2D eigenvalue weighted by molar-refractivity contribution is 6.30. The van der Waals surface area contributed by atoms with Crippen molar-refractivity contribution in [1.29, 1.82) is 0 Å². The van der Waals surface area contributed by atoms with Gasteiger partial charge in [-0.2, -0.15) is 0 Å². The maximum Gasteiger partial charge on any atom is 0.268 e. The number of halogens is 1. The molecular formula is C29H37ClN4O2. The topological polar surface area (TPSA) is 75.5 Å². The van der Waals surface area contributed by atoms with Crippen LogP contribution in [0.1, 0.15) is 80.0 Å². The first-order chi connectivity index (χ1) is 17.4. The molecule has 7 heteroatoms. The first-order valence-corrected chi connectivity index (χ1v) is 13.5. The van der Waals surface area contributed by atoms with Crippen LogP contribution in [-0.4, -0.2) is 34.3 Å². The summed E-state index contributed by atoms with van der Waals surface area (Å²) in [7, 11) is 0. The molecule has 2 heterocycles. The fourth-order valence-corrected chi connectivity index (χ4v) is 5.28. The average molecular weight is 509 g/mol. The van der Waals surface area contributed by atoms with Crippen LogP contribution in [0.5, 0.6) is 0 Å². The van der Waals surface area contributed by atoms with Crippen LogP contribution in [0.4, 0.5) is 0 Å². The molecular weight excluding hydrogens is 472 g/mol. The van der Waals surface area contributed by atoms with Crippen LogP contribution in [-0.2, 0) is 11.2 Å². The summed E-state index contributed by atoms with van der Waals surface area (Å²) in [5.41, 5.74) is 3.03. The number of hydrogen-bond donors (Lipinski definition) is 2. The van der Waals surface area contributed by atoms with Crippen LogP contribution in [0.15, 0.2) is 48.7 Å². The fraction of sp³-hybridized carbons (Fsp3) is 0.483. The number of fused-ring (bicyclic) bond motifs is 1. The van der Waals surface area contributed by atoms with E-state index in [4.69, 9.17) is 11.6 Å². The van der Waals surface area contributed by atoms with E-state index in [1.165, 1.54) is 37.7 Å². The number of nitrogens with one attached hydrogen (secondary N) is 2. The van der Waals surface area contributed by atoms with Gasteiger partial charge in [-0.15, -0.1) is 0 Å². The summed E-state index contributed by atoms with van der Waals surface area (Å²) < 4.78 is 1.79. The van der Waals surface area contributed by atoms with Crippen molar-refractivity contribution in [3.05, 3.63) is 70.6 Å². The summed E-state index contributed by atoms with van der Waals surface area (Å²) in [5, 5.41) is 6.90. The molecule has 1 saturated carbocycles. The van der Waals surface area contributed by atoms with Crippen molar-refractivity contribution in [3.8, 4) is 0 Å². The minimum absolute atomic E-state index is 0.0792. The minimum atomic E-state index is -0.0981. The first-order valence-electron chi connectivity index (χ1n) is 13.2. The molecule has 1 atom stereocenters. The van der Waals surface area contributed by atoms with Crippen LogP contribution in [0.25, 0.3) is 5.65 Å². The third-order valence-corrected chi connectivity index (χ3v) is 7.29. The highest BCUT2D eigenvalue weighted by Crippen LogP contribution is 2.25. The number of nitrogens with zero attached hydrogens (tertiary/aromatic N) is 2. The van der Waals surface area contributed by atoms with Crippen molar-refractivity contribution < 1.29 is 9.59 Å². The molecule has 6 nitrogen and oxygen atoms in total. The van der Waals surface area contributed by atoms with E-state index in [1.54, 1.807) is 16.7 Å². The predicted octanol–water partition coefficient (Wildman–Crippen LogP) is 5.79. The molecule has 2 aromatic heterocycles. The number of aromatic nitrogens is 2. The Morgan fingerprint density at radius 1 is 1.06 bits per heavy atom. The van der Waals surface area contributed by atoms with E-state index in [9.17, 15) is 9.59 Å². The van der Waals surface area contributed by atoms with Gasteiger partial charge >= 0.3 is 0 Å². The molecule has 192 valence electrons. The lowest BCUT2D eigenvalue weighted by atomic mass is 9.89. The van der Waals surface area contributed by atoms with E-state index in [1.807, 2.05) is 36.4 Å². The van der Waals surface area contributed by atoms with E-state index in [0.717, 1.165) is 6.42 Å². The Morgan fingerprint density at radius 3 is 2.53 bits per heavy atom. The molecule has 1 aliphatic carbocycles. The van der Waals surface area contributed by atoms with Gasteiger partial charge in [-0.3, -0.25) is 14.0 Å². The third-order valence-electron chi connectivity index (χ3n) is 7.04. The predicted molar refractivity (Wildman–Crippen MR) is 144 cm³/mol. The standard InChI is InChI=1S/C29H37ClN4O2/c1-20(2)15-23(22-11-13-24(30)14-12-22)18-31-28(35)16-25-19-34-26(9-6-10-27(34)33-25)29(36)32-17-21-7-4-3-5-8-21/h6,9-14,19-21,23H,3-5,7-8,15-18H2,1-2H3,(H,31,35)(H,32,36). The normalized spacial score (nSPS) is 15.2. The van der Waals surface area contributed by atoms with Crippen molar-refractivity contribution in [1.82, 2.24) is 20.0 Å². The number of rotatable bonds is 10. The molecule has 0 radical (unpaired) electrons. The summed E-state index contributed by atoms with van der Waals surface area (Å²) in [6, 6.07) is 13.4. The second kappa shape index (κ2) is 12.4. The number of carbonyl (C=O) groups is 2. The molecule has 1 unspecified atom stereocenters. The lowest BCUT2D eigenvalue weighted by Crippen LogP contribution is -2.31. The molecule has 3 aromatic rings. The second-order valence-corrected chi connectivity index (χ2v) is 10.9. The number of benzene rings is 1.